The van der Waals surface area contributed by atoms with E-state index >= 15 is 0 Å². The Bertz CT molecular complexity index is 372. The number of aryl methyl sites for hydroxylation is 1. The summed E-state index contributed by atoms with van der Waals surface area (Å²) < 4.78 is 0. The zero-order valence-corrected chi connectivity index (χ0v) is 11.7. The molecular weight excluding hydrogens is 226 g/mol. The fourth-order valence-electron chi connectivity index (χ4n) is 3.87. The van der Waals surface area contributed by atoms with Gasteiger partial charge in [0.2, 0.25) is 0 Å². The van der Waals surface area contributed by atoms with Crippen LogP contribution in [0.5, 0.6) is 0 Å². The molecule has 0 radical (unpaired) electrons. The van der Waals surface area contributed by atoms with Crippen molar-refractivity contribution >= 4 is 11.3 Å². The van der Waals surface area contributed by atoms with Crippen LogP contribution in [0.3, 0.4) is 0 Å². The summed E-state index contributed by atoms with van der Waals surface area (Å²) in [7, 11) is 0. The van der Waals surface area contributed by atoms with Crippen LogP contribution in [0.25, 0.3) is 0 Å². The van der Waals surface area contributed by atoms with Gasteiger partial charge in [-0.25, -0.2) is 0 Å². The van der Waals surface area contributed by atoms with E-state index in [-0.39, 0.29) is 0 Å². The van der Waals surface area contributed by atoms with Crippen molar-refractivity contribution < 1.29 is 0 Å². The van der Waals surface area contributed by atoms with Gasteiger partial charge in [0.25, 0.3) is 0 Å². The minimum atomic E-state index is 0.637. The highest BCUT2D eigenvalue weighted by Crippen LogP contribution is 2.60. The molecule has 0 aromatic carbocycles. The molecule has 17 heavy (non-hydrogen) atoms. The maximum absolute atomic E-state index is 3.74. The first-order chi connectivity index (χ1) is 8.31. The van der Waals surface area contributed by atoms with Crippen LogP contribution in [0.4, 0.5) is 0 Å². The average Bonchev–Trinajstić information content (AvgIpc) is 2.90. The third-order valence-electron chi connectivity index (χ3n) is 4.64. The van der Waals surface area contributed by atoms with Crippen molar-refractivity contribution in [3.05, 3.63) is 21.9 Å². The van der Waals surface area contributed by atoms with Crippen LogP contribution in [0.2, 0.25) is 0 Å². The topological polar surface area (TPSA) is 12.0 Å². The van der Waals surface area contributed by atoms with E-state index in [1.165, 1.54) is 30.6 Å². The Hall–Kier alpha value is -0.340. The van der Waals surface area contributed by atoms with Gasteiger partial charge in [-0.05, 0) is 61.1 Å². The molecule has 2 heteroatoms. The lowest BCUT2D eigenvalue weighted by atomic mass is 10.0. The van der Waals surface area contributed by atoms with Gasteiger partial charge in [0.05, 0.1) is 0 Å². The quantitative estimate of drug-likeness (QED) is 0.845. The second-order valence-corrected chi connectivity index (χ2v) is 6.83. The summed E-state index contributed by atoms with van der Waals surface area (Å²) in [6, 6.07) is 3.03. The van der Waals surface area contributed by atoms with Crippen LogP contribution >= 0.6 is 11.3 Å². The van der Waals surface area contributed by atoms with E-state index in [0.29, 0.717) is 6.04 Å². The highest BCUT2D eigenvalue weighted by Gasteiger charge is 2.54. The van der Waals surface area contributed by atoms with Crippen LogP contribution in [0, 0.1) is 24.7 Å². The van der Waals surface area contributed by atoms with E-state index in [2.05, 4.69) is 30.6 Å². The number of thiophene rings is 1. The van der Waals surface area contributed by atoms with Crippen molar-refractivity contribution in [1.29, 1.82) is 0 Å². The summed E-state index contributed by atoms with van der Waals surface area (Å²) in [4.78, 5) is 1.45. The van der Waals surface area contributed by atoms with Gasteiger partial charge in [-0.1, -0.05) is 19.8 Å². The van der Waals surface area contributed by atoms with Gasteiger partial charge in [-0.15, -0.1) is 11.3 Å². The molecule has 1 aromatic rings. The largest absolute Gasteiger partial charge is 0.310 e. The minimum absolute atomic E-state index is 0.637. The molecule has 3 atom stereocenters. The average molecular weight is 249 g/mol. The summed E-state index contributed by atoms with van der Waals surface area (Å²) in [6.45, 7) is 5.55. The zero-order valence-electron chi connectivity index (χ0n) is 10.9. The SMILES string of the molecule is CCNC(c1csc(C)c1)C1C2CCCCC21. The lowest BCUT2D eigenvalue weighted by molar-refractivity contribution is 0.458. The summed E-state index contributed by atoms with van der Waals surface area (Å²) in [6.07, 6.45) is 5.92. The summed E-state index contributed by atoms with van der Waals surface area (Å²) in [5.74, 6) is 3.01. The molecular formula is C15H23NS. The molecule has 0 saturated heterocycles. The Labute approximate surface area is 109 Å². The van der Waals surface area contributed by atoms with Crippen molar-refractivity contribution in [1.82, 2.24) is 5.32 Å². The van der Waals surface area contributed by atoms with E-state index in [4.69, 9.17) is 0 Å². The fraction of sp³-hybridized carbons (Fsp3) is 0.733. The highest BCUT2D eigenvalue weighted by molar-refractivity contribution is 7.10. The summed E-state index contributed by atoms with van der Waals surface area (Å²) in [5, 5.41) is 6.11. The van der Waals surface area contributed by atoms with Gasteiger partial charge >= 0.3 is 0 Å². The van der Waals surface area contributed by atoms with E-state index < -0.39 is 0 Å². The smallest absolute Gasteiger partial charge is 0.0362 e. The first kappa shape index (κ1) is 11.7. The minimum Gasteiger partial charge on any atom is -0.310 e. The molecule has 1 aromatic heterocycles. The first-order valence-corrected chi connectivity index (χ1v) is 7.97. The van der Waals surface area contributed by atoms with Gasteiger partial charge in [0, 0.05) is 10.9 Å². The number of nitrogens with one attached hydrogen (secondary N) is 1. The molecule has 1 nitrogen and oxygen atoms in total. The molecule has 3 unspecified atom stereocenters. The molecule has 3 rings (SSSR count). The molecule has 1 N–H and O–H groups in total. The van der Waals surface area contributed by atoms with E-state index in [9.17, 15) is 0 Å². The Kier molecular flexibility index (Phi) is 3.27. The molecule has 0 bridgehead atoms. The molecule has 1 heterocycles. The van der Waals surface area contributed by atoms with E-state index in [1.807, 2.05) is 11.3 Å². The number of rotatable bonds is 4. The lowest BCUT2D eigenvalue weighted by Crippen LogP contribution is -2.23. The second kappa shape index (κ2) is 4.74. The third kappa shape index (κ3) is 2.17. The summed E-state index contributed by atoms with van der Waals surface area (Å²) >= 11 is 1.90. The number of hydrogen-bond donors (Lipinski definition) is 1. The standard InChI is InChI=1S/C15H23NS/c1-3-16-15(11-8-10(2)17-9-11)14-12-6-4-5-7-13(12)14/h8-9,12-16H,3-7H2,1-2H3. The predicted octanol–water partition coefficient (Wildman–Crippen LogP) is 4.14. The van der Waals surface area contributed by atoms with Gasteiger partial charge in [0.15, 0.2) is 0 Å². The van der Waals surface area contributed by atoms with Crippen molar-refractivity contribution in [2.45, 2.75) is 45.6 Å². The molecule has 0 aliphatic heterocycles. The van der Waals surface area contributed by atoms with E-state index in [1.54, 1.807) is 5.56 Å². The maximum Gasteiger partial charge on any atom is 0.0362 e. The van der Waals surface area contributed by atoms with Gasteiger partial charge in [-0.3, -0.25) is 0 Å². The molecule has 2 fully saturated rings. The molecule has 94 valence electrons. The van der Waals surface area contributed by atoms with Crippen molar-refractivity contribution in [2.75, 3.05) is 6.54 Å². The van der Waals surface area contributed by atoms with Gasteiger partial charge < -0.3 is 5.32 Å². The molecule has 0 amide bonds. The van der Waals surface area contributed by atoms with Gasteiger partial charge in [0.1, 0.15) is 0 Å². The molecule has 2 aliphatic carbocycles. The normalized spacial score (nSPS) is 33.2. The maximum atomic E-state index is 3.74. The van der Waals surface area contributed by atoms with Crippen LogP contribution in [0.1, 0.15) is 49.1 Å². The zero-order chi connectivity index (χ0) is 11.8. The highest BCUT2D eigenvalue weighted by atomic mass is 32.1. The second-order valence-electron chi connectivity index (χ2n) is 5.72. The van der Waals surface area contributed by atoms with Crippen LogP contribution in [0.15, 0.2) is 11.4 Å². The fourth-order valence-corrected chi connectivity index (χ4v) is 4.61. The Morgan fingerprint density at radius 2 is 2.06 bits per heavy atom. The van der Waals surface area contributed by atoms with E-state index in [0.717, 1.165) is 24.3 Å². The number of hydrogen-bond acceptors (Lipinski definition) is 2. The lowest BCUT2D eigenvalue weighted by Gasteiger charge is -2.17. The Morgan fingerprint density at radius 3 is 2.59 bits per heavy atom. The molecule has 2 saturated carbocycles. The van der Waals surface area contributed by atoms with Crippen LogP contribution in [-0.4, -0.2) is 6.54 Å². The summed E-state index contributed by atoms with van der Waals surface area (Å²) in [5.41, 5.74) is 1.55. The van der Waals surface area contributed by atoms with Crippen LogP contribution in [-0.2, 0) is 0 Å². The van der Waals surface area contributed by atoms with Crippen molar-refractivity contribution in [2.24, 2.45) is 17.8 Å². The van der Waals surface area contributed by atoms with Crippen molar-refractivity contribution in [3.63, 3.8) is 0 Å². The Morgan fingerprint density at radius 1 is 1.35 bits per heavy atom. The monoisotopic (exact) mass is 249 g/mol. The first-order valence-electron chi connectivity index (χ1n) is 7.09. The van der Waals surface area contributed by atoms with Crippen LogP contribution < -0.4 is 5.32 Å². The number of fused-ring (bicyclic) bond motifs is 1. The van der Waals surface area contributed by atoms with Gasteiger partial charge in [-0.2, -0.15) is 0 Å². The molecule has 0 spiro atoms. The predicted molar refractivity (Wildman–Crippen MR) is 74.4 cm³/mol. The van der Waals surface area contributed by atoms with Crippen molar-refractivity contribution in [3.8, 4) is 0 Å². The molecule has 2 aliphatic rings. The Balaban J connectivity index is 1.76. The third-order valence-corrected chi connectivity index (χ3v) is 5.52.